The van der Waals surface area contributed by atoms with Crippen LogP contribution in [0.4, 0.5) is 10.1 Å². The van der Waals surface area contributed by atoms with Gasteiger partial charge in [0, 0.05) is 17.4 Å². The fourth-order valence-corrected chi connectivity index (χ4v) is 3.46. The summed E-state index contributed by atoms with van der Waals surface area (Å²) in [5.74, 6) is 0.238. The van der Waals surface area contributed by atoms with Gasteiger partial charge in [-0.25, -0.2) is 14.4 Å². The van der Waals surface area contributed by atoms with Gasteiger partial charge in [-0.3, -0.25) is 4.79 Å². The van der Waals surface area contributed by atoms with E-state index in [0.29, 0.717) is 16.5 Å². The van der Waals surface area contributed by atoms with Crippen LogP contribution >= 0.6 is 11.8 Å². The van der Waals surface area contributed by atoms with Crippen LogP contribution < -0.4 is 5.32 Å². The molecule has 0 atom stereocenters. The van der Waals surface area contributed by atoms with Crippen LogP contribution in [0.15, 0.2) is 71.9 Å². The van der Waals surface area contributed by atoms with Gasteiger partial charge in [-0.05, 0) is 42.5 Å². The lowest BCUT2D eigenvalue weighted by Gasteiger charge is -2.07. The van der Waals surface area contributed by atoms with Gasteiger partial charge in [0.2, 0.25) is 5.91 Å². The first-order chi connectivity index (χ1) is 13.2. The van der Waals surface area contributed by atoms with Crippen LogP contribution in [0.5, 0.6) is 0 Å². The molecular formula is C20H15FN4OS. The lowest BCUT2D eigenvalue weighted by molar-refractivity contribution is -0.113. The number of imidazole rings is 1. The Morgan fingerprint density at radius 1 is 1.11 bits per heavy atom. The molecule has 134 valence electrons. The molecule has 1 amide bonds. The first-order valence-corrected chi connectivity index (χ1v) is 9.26. The van der Waals surface area contributed by atoms with Crippen molar-refractivity contribution in [1.29, 1.82) is 0 Å². The highest BCUT2D eigenvalue weighted by molar-refractivity contribution is 8.00. The molecule has 0 aliphatic heterocycles. The Balaban J connectivity index is 1.50. The Kier molecular flexibility index (Phi) is 4.84. The summed E-state index contributed by atoms with van der Waals surface area (Å²) < 4.78 is 13.2. The number of amides is 1. The van der Waals surface area contributed by atoms with E-state index < -0.39 is 5.82 Å². The second-order valence-corrected chi connectivity index (χ2v) is 6.77. The van der Waals surface area contributed by atoms with E-state index in [2.05, 4.69) is 20.3 Å². The molecular weight excluding hydrogens is 363 g/mol. The number of aromatic amines is 1. The Hall–Kier alpha value is -3.19. The molecule has 27 heavy (non-hydrogen) atoms. The van der Waals surface area contributed by atoms with Gasteiger partial charge in [0.25, 0.3) is 0 Å². The minimum atomic E-state index is -0.391. The van der Waals surface area contributed by atoms with Crippen LogP contribution in [0.1, 0.15) is 0 Å². The molecule has 5 nitrogen and oxygen atoms in total. The topological polar surface area (TPSA) is 70.7 Å². The standard InChI is InChI=1S/C20H15FN4OS/c21-13-5-3-6-14(11-13)23-18(26)12-27-20-15(7-4-10-22-20)19-24-16-8-1-2-9-17(16)25-19/h1-11H,12H2,(H,23,26)(H,24,25). The molecule has 0 spiro atoms. The van der Waals surface area contributed by atoms with Crippen molar-refractivity contribution in [2.24, 2.45) is 0 Å². The molecule has 0 aliphatic rings. The monoisotopic (exact) mass is 378 g/mol. The molecule has 2 N–H and O–H groups in total. The smallest absolute Gasteiger partial charge is 0.234 e. The third-order valence-corrected chi connectivity index (χ3v) is 4.87. The Labute approximate surface area is 159 Å². The van der Waals surface area contributed by atoms with Crippen molar-refractivity contribution >= 4 is 34.4 Å². The molecule has 4 rings (SSSR count). The molecule has 0 saturated heterocycles. The van der Waals surface area contributed by atoms with Crippen LogP contribution in [0.3, 0.4) is 0 Å². The largest absolute Gasteiger partial charge is 0.338 e. The Morgan fingerprint density at radius 2 is 2.00 bits per heavy atom. The van der Waals surface area contributed by atoms with Crippen molar-refractivity contribution < 1.29 is 9.18 Å². The summed E-state index contributed by atoms with van der Waals surface area (Å²) in [4.78, 5) is 24.4. The molecule has 2 heterocycles. The van der Waals surface area contributed by atoms with Gasteiger partial charge < -0.3 is 10.3 Å². The molecule has 0 bridgehead atoms. The van der Waals surface area contributed by atoms with Crippen LogP contribution in [-0.2, 0) is 4.79 Å². The van der Waals surface area contributed by atoms with Crippen LogP contribution in [-0.4, -0.2) is 26.6 Å². The molecule has 0 aliphatic carbocycles. The number of carbonyl (C=O) groups excluding carboxylic acids is 1. The fraction of sp³-hybridized carbons (Fsp3) is 0.0500. The highest BCUT2D eigenvalue weighted by Gasteiger charge is 2.13. The van der Waals surface area contributed by atoms with E-state index in [-0.39, 0.29) is 11.7 Å². The predicted molar refractivity (Wildman–Crippen MR) is 105 cm³/mol. The maximum Gasteiger partial charge on any atom is 0.234 e. The van der Waals surface area contributed by atoms with Crippen molar-refractivity contribution in [2.45, 2.75) is 5.03 Å². The molecule has 0 fully saturated rings. The number of benzene rings is 2. The number of hydrogen-bond donors (Lipinski definition) is 2. The van der Waals surface area contributed by atoms with Gasteiger partial charge >= 0.3 is 0 Å². The second kappa shape index (κ2) is 7.59. The van der Waals surface area contributed by atoms with Crippen LogP contribution in [0, 0.1) is 5.82 Å². The minimum Gasteiger partial charge on any atom is -0.338 e. The number of aromatic nitrogens is 3. The summed E-state index contributed by atoms with van der Waals surface area (Å²) in [6.45, 7) is 0. The lowest BCUT2D eigenvalue weighted by Crippen LogP contribution is -2.14. The number of thioether (sulfide) groups is 1. The van der Waals surface area contributed by atoms with E-state index >= 15 is 0 Å². The summed E-state index contributed by atoms with van der Waals surface area (Å²) in [7, 11) is 0. The van der Waals surface area contributed by atoms with Gasteiger partial charge in [0.05, 0.1) is 16.8 Å². The molecule has 0 unspecified atom stereocenters. The first-order valence-electron chi connectivity index (χ1n) is 8.27. The number of rotatable bonds is 5. The summed E-state index contributed by atoms with van der Waals surface area (Å²) in [5.41, 5.74) is 3.07. The zero-order valence-electron chi connectivity index (χ0n) is 14.1. The normalized spacial score (nSPS) is 10.9. The number of fused-ring (bicyclic) bond motifs is 1. The zero-order chi connectivity index (χ0) is 18.6. The van der Waals surface area contributed by atoms with Gasteiger partial charge in [0.1, 0.15) is 16.7 Å². The van der Waals surface area contributed by atoms with Crippen molar-refractivity contribution in [2.75, 3.05) is 11.1 Å². The molecule has 0 radical (unpaired) electrons. The Bertz CT molecular complexity index is 1080. The number of anilines is 1. The van der Waals surface area contributed by atoms with Crippen LogP contribution in [0.25, 0.3) is 22.4 Å². The maximum absolute atomic E-state index is 13.2. The predicted octanol–water partition coefficient (Wildman–Crippen LogP) is 4.49. The lowest BCUT2D eigenvalue weighted by atomic mass is 10.3. The van der Waals surface area contributed by atoms with Gasteiger partial charge in [-0.1, -0.05) is 30.0 Å². The number of hydrogen-bond acceptors (Lipinski definition) is 4. The van der Waals surface area contributed by atoms with Gasteiger partial charge in [-0.15, -0.1) is 0 Å². The highest BCUT2D eigenvalue weighted by atomic mass is 32.2. The van der Waals surface area contributed by atoms with Crippen molar-refractivity contribution in [3.8, 4) is 11.4 Å². The average molecular weight is 378 g/mol. The number of nitrogens with zero attached hydrogens (tertiary/aromatic N) is 2. The van der Waals surface area contributed by atoms with Gasteiger partial charge in [-0.2, -0.15) is 0 Å². The second-order valence-electron chi connectivity index (χ2n) is 5.81. The molecule has 2 aromatic carbocycles. The van der Waals surface area contributed by atoms with E-state index in [4.69, 9.17) is 0 Å². The third kappa shape index (κ3) is 3.98. The molecule has 4 aromatic rings. The summed E-state index contributed by atoms with van der Waals surface area (Å²) in [6.07, 6.45) is 1.68. The summed E-state index contributed by atoms with van der Waals surface area (Å²) in [5, 5.41) is 3.38. The quantitative estimate of drug-likeness (QED) is 0.502. The third-order valence-electron chi connectivity index (χ3n) is 3.86. The fourth-order valence-electron chi connectivity index (χ4n) is 2.66. The maximum atomic E-state index is 13.2. The van der Waals surface area contributed by atoms with E-state index in [1.54, 1.807) is 18.3 Å². The van der Waals surface area contributed by atoms with Crippen LogP contribution in [0.2, 0.25) is 0 Å². The molecule has 7 heteroatoms. The van der Waals surface area contributed by atoms with E-state index in [1.807, 2.05) is 36.4 Å². The highest BCUT2D eigenvalue weighted by Crippen LogP contribution is 2.29. The SMILES string of the molecule is O=C(CSc1ncccc1-c1nc2ccccc2[nH]1)Nc1cccc(F)c1. The van der Waals surface area contributed by atoms with E-state index in [0.717, 1.165) is 16.6 Å². The first kappa shape index (κ1) is 17.2. The van der Waals surface area contributed by atoms with Crippen molar-refractivity contribution in [3.63, 3.8) is 0 Å². The number of nitrogens with one attached hydrogen (secondary N) is 2. The number of carbonyl (C=O) groups is 1. The average Bonchev–Trinajstić information content (AvgIpc) is 3.11. The number of para-hydroxylation sites is 2. The summed E-state index contributed by atoms with van der Waals surface area (Å²) >= 11 is 1.31. The number of halogens is 1. The molecule has 0 saturated carbocycles. The van der Waals surface area contributed by atoms with Gasteiger partial charge in [0.15, 0.2) is 0 Å². The number of H-pyrrole nitrogens is 1. The van der Waals surface area contributed by atoms with E-state index in [1.165, 1.54) is 23.9 Å². The van der Waals surface area contributed by atoms with E-state index in [9.17, 15) is 9.18 Å². The summed E-state index contributed by atoms with van der Waals surface area (Å²) in [6, 6.07) is 17.3. The minimum absolute atomic E-state index is 0.154. The zero-order valence-corrected chi connectivity index (χ0v) is 15.0. The Morgan fingerprint density at radius 3 is 2.85 bits per heavy atom. The molecule has 2 aromatic heterocycles. The number of pyridine rings is 1. The van der Waals surface area contributed by atoms with Crippen molar-refractivity contribution in [1.82, 2.24) is 15.0 Å². The van der Waals surface area contributed by atoms with Crippen molar-refractivity contribution in [3.05, 3.63) is 72.7 Å².